The quantitative estimate of drug-likeness (QED) is 0.0455. The van der Waals surface area contributed by atoms with Gasteiger partial charge in [0.2, 0.25) is 11.8 Å². The van der Waals surface area contributed by atoms with Gasteiger partial charge >= 0.3 is 0 Å². The Bertz CT molecular complexity index is 1090. The summed E-state index contributed by atoms with van der Waals surface area (Å²) in [5.74, 6) is -2.22. The van der Waals surface area contributed by atoms with Crippen LogP contribution in [0.5, 0.6) is 0 Å². The maximum absolute atomic E-state index is 12.5. The third-order valence-electron chi connectivity index (χ3n) is 7.62. The molecule has 262 valence electrons. The number of carbonyl (C=O) groups excluding carboxylic acids is 4. The molecular weight excluding hydrogens is 612 g/mol. The van der Waals surface area contributed by atoms with E-state index in [0.29, 0.717) is 27.7 Å². The lowest BCUT2D eigenvalue weighted by Crippen LogP contribution is -2.61. The monoisotopic (exact) mass is 660 g/mol. The van der Waals surface area contributed by atoms with Crippen molar-refractivity contribution in [1.82, 2.24) is 20.8 Å². The predicted octanol–water partition coefficient (Wildman–Crippen LogP) is -1.90. The molecule has 0 bridgehead atoms. The molecule has 46 heavy (non-hydrogen) atoms. The summed E-state index contributed by atoms with van der Waals surface area (Å²) in [5, 5.41) is 65.0. The minimum absolute atomic E-state index is 0.00160. The molecule has 0 spiro atoms. The van der Waals surface area contributed by atoms with Crippen molar-refractivity contribution in [3.8, 4) is 0 Å². The van der Waals surface area contributed by atoms with Crippen LogP contribution in [-0.2, 0) is 33.4 Å². The number of rotatable bonds is 18. The number of piperazine rings is 1. The van der Waals surface area contributed by atoms with Crippen LogP contribution in [0.1, 0.15) is 52.4 Å². The zero-order valence-electron chi connectivity index (χ0n) is 26.4. The summed E-state index contributed by atoms with van der Waals surface area (Å²) < 4.78 is 16.0. The normalized spacial score (nSPS) is 27.2. The van der Waals surface area contributed by atoms with Gasteiger partial charge in [0, 0.05) is 39.0 Å². The smallest absolute Gasteiger partial charge is 0.269 e. The van der Waals surface area contributed by atoms with Crippen molar-refractivity contribution in [2.24, 2.45) is 0 Å². The lowest BCUT2D eigenvalue weighted by atomic mass is 9.99. The Labute approximate surface area is 267 Å². The Morgan fingerprint density at radius 1 is 0.870 bits per heavy atom. The number of ether oxygens (including phenoxy) is 3. The van der Waals surface area contributed by atoms with E-state index >= 15 is 0 Å². The van der Waals surface area contributed by atoms with E-state index in [0.717, 1.165) is 0 Å². The lowest BCUT2D eigenvalue weighted by molar-refractivity contribution is -0.304. The van der Waals surface area contributed by atoms with Crippen LogP contribution in [-0.4, -0.2) is 147 Å². The van der Waals surface area contributed by atoms with Gasteiger partial charge in [0.15, 0.2) is 6.29 Å². The topological polar surface area (TPSA) is 248 Å². The second-order valence-corrected chi connectivity index (χ2v) is 11.3. The van der Waals surface area contributed by atoms with E-state index in [1.807, 2.05) is 0 Å². The summed E-state index contributed by atoms with van der Waals surface area (Å²) in [7, 11) is 1.31. The van der Waals surface area contributed by atoms with Gasteiger partial charge in [-0.15, -0.1) is 0 Å². The Morgan fingerprint density at radius 2 is 1.37 bits per heavy atom. The molecule has 2 aliphatic rings. The van der Waals surface area contributed by atoms with Gasteiger partial charge < -0.3 is 45.3 Å². The summed E-state index contributed by atoms with van der Waals surface area (Å²) in [4.78, 5) is 49.4. The van der Waals surface area contributed by atoms with Gasteiger partial charge in [0.1, 0.15) is 36.5 Å². The zero-order chi connectivity index (χ0) is 34.4. The molecule has 0 aliphatic carbocycles. The fourth-order valence-corrected chi connectivity index (χ4v) is 4.90. The van der Waals surface area contributed by atoms with Crippen molar-refractivity contribution in [2.75, 3.05) is 40.0 Å². The number of hydroxylamine groups is 4. The zero-order valence-corrected chi connectivity index (χ0v) is 26.4. The van der Waals surface area contributed by atoms with E-state index in [2.05, 4.69) is 10.6 Å². The molecule has 0 unspecified atom stereocenters. The van der Waals surface area contributed by atoms with Crippen molar-refractivity contribution in [3.63, 3.8) is 0 Å². The molecule has 8 N–H and O–H groups in total. The Morgan fingerprint density at radius 3 is 1.83 bits per heavy atom. The van der Waals surface area contributed by atoms with Crippen LogP contribution in [0.15, 0.2) is 23.3 Å². The second-order valence-electron chi connectivity index (χ2n) is 11.3. The minimum Gasteiger partial charge on any atom is -0.396 e. The van der Waals surface area contributed by atoms with Gasteiger partial charge in [-0.2, -0.15) is 0 Å². The first-order valence-corrected chi connectivity index (χ1v) is 15.2. The highest BCUT2D eigenvalue weighted by Gasteiger charge is 2.45. The predicted molar refractivity (Wildman–Crippen MR) is 158 cm³/mol. The number of aliphatic hydroxyl groups excluding tert-OH is 4. The molecule has 2 rings (SSSR count). The van der Waals surface area contributed by atoms with Crippen LogP contribution in [0.3, 0.4) is 0 Å². The maximum Gasteiger partial charge on any atom is 0.269 e. The molecule has 17 nitrogen and oxygen atoms in total. The fourth-order valence-electron chi connectivity index (χ4n) is 4.90. The highest BCUT2D eigenvalue weighted by atomic mass is 16.7. The van der Waals surface area contributed by atoms with Crippen LogP contribution in [0.4, 0.5) is 0 Å². The summed E-state index contributed by atoms with van der Waals surface area (Å²) >= 11 is 0. The number of hydrogen-bond acceptors (Lipinski definition) is 13. The van der Waals surface area contributed by atoms with E-state index < -0.39 is 73.0 Å². The number of methoxy groups -OCH3 is 1. The Hall–Kier alpha value is -3.00. The molecule has 0 saturated carbocycles. The molecule has 4 amide bonds. The maximum atomic E-state index is 12.5. The molecule has 0 radical (unpaired) electrons. The van der Waals surface area contributed by atoms with Crippen LogP contribution in [0.25, 0.3) is 0 Å². The van der Waals surface area contributed by atoms with Crippen LogP contribution < -0.4 is 10.6 Å². The van der Waals surface area contributed by atoms with Gasteiger partial charge in [0.25, 0.3) is 11.8 Å². The summed E-state index contributed by atoms with van der Waals surface area (Å²) in [6.45, 7) is 2.53. The molecule has 2 heterocycles. The van der Waals surface area contributed by atoms with Gasteiger partial charge in [-0.1, -0.05) is 11.1 Å². The first kappa shape index (κ1) is 39.2. The molecular formula is C29H48N4O13. The summed E-state index contributed by atoms with van der Waals surface area (Å²) in [6.07, 6.45) is -2.12. The average Bonchev–Trinajstić information content (AvgIpc) is 3.00. The number of amides is 4. The van der Waals surface area contributed by atoms with Crippen molar-refractivity contribution in [3.05, 3.63) is 23.3 Å². The van der Waals surface area contributed by atoms with Gasteiger partial charge in [-0.25, -0.2) is 10.1 Å². The second kappa shape index (κ2) is 19.6. The first-order valence-electron chi connectivity index (χ1n) is 15.2. The molecule has 2 aliphatic heterocycles. The Kier molecular flexibility index (Phi) is 16.7. The lowest BCUT2D eigenvalue weighted by Gasteiger charge is -2.41. The fraction of sp³-hybridized carbons (Fsp3) is 0.724. The van der Waals surface area contributed by atoms with Crippen LogP contribution in [0.2, 0.25) is 0 Å². The standard InChI is InChI=1S/C29H48N4O13/c1-17(8-12-34)14-22(36)32(42)10-4-6-19-27(40)31-20(28(41)30-19)7-5-11-33(43)23(37)15-18(2)9-13-45-29-25(39)24(38)26(44-3)21(16-35)46-29/h14-15,19-21,24-26,29,34-35,38-39,42-43H,4-13,16H2,1-3H3,(H,30,41)(H,31,40)/b17-14+,18-15+/t19-,20-,21+,24+,25-,26+,29+/m0/s1. The highest BCUT2D eigenvalue weighted by Crippen LogP contribution is 2.24. The van der Waals surface area contributed by atoms with E-state index in [1.54, 1.807) is 13.8 Å². The van der Waals surface area contributed by atoms with Gasteiger partial charge in [-0.3, -0.25) is 29.6 Å². The summed E-state index contributed by atoms with van der Waals surface area (Å²) in [6, 6.07) is -1.71. The van der Waals surface area contributed by atoms with E-state index in [1.165, 1.54) is 19.3 Å². The van der Waals surface area contributed by atoms with Crippen molar-refractivity contribution in [1.29, 1.82) is 0 Å². The van der Waals surface area contributed by atoms with Crippen molar-refractivity contribution in [2.45, 2.75) is 95.2 Å². The molecule has 2 fully saturated rings. The van der Waals surface area contributed by atoms with E-state index in [4.69, 9.17) is 19.3 Å². The number of nitrogens with one attached hydrogen (secondary N) is 2. The first-order chi connectivity index (χ1) is 21.8. The number of nitrogens with zero attached hydrogens (tertiary/aromatic N) is 2. The number of hydrogen-bond donors (Lipinski definition) is 8. The molecule has 17 heteroatoms. The van der Waals surface area contributed by atoms with Crippen LogP contribution in [0, 0.1) is 0 Å². The third-order valence-corrected chi connectivity index (χ3v) is 7.62. The van der Waals surface area contributed by atoms with Crippen molar-refractivity contribution >= 4 is 23.6 Å². The Balaban J connectivity index is 1.70. The average molecular weight is 661 g/mol. The third kappa shape index (κ3) is 12.0. The molecule has 0 aromatic rings. The number of aliphatic hydroxyl groups is 4. The number of carbonyl (C=O) groups is 4. The molecule has 7 atom stereocenters. The van der Waals surface area contributed by atoms with E-state index in [9.17, 15) is 44.9 Å². The van der Waals surface area contributed by atoms with Crippen molar-refractivity contribution < 1.29 is 64.2 Å². The largest absolute Gasteiger partial charge is 0.396 e. The molecule has 2 saturated heterocycles. The SMILES string of the molecule is CO[C@H]1[C@H](O)[C@H](O)[C@H](OCC/C(C)=C/C(=O)N(O)CCC[C@@H]2NC(=O)[C@H](CCCN(O)C(=O)/C=C(\C)CCO)NC2=O)O[C@@H]1CO. The molecule has 0 aromatic carbocycles. The minimum atomic E-state index is -1.42. The molecule has 0 aromatic heterocycles. The highest BCUT2D eigenvalue weighted by molar-refractivity contribution is 5.96. The van der Waals surface area contributed by atoms with Gasteiger partial charge in [0.05, 0.1) is 13.2 Å². The van der Waals surface area contributed by atoms with Gasteiger partial charge in [-0.05, 0) is 52.4 Å². The van der Waals surface area contributed by atoms with E-state index in [-0.39, 0.29) is 58.4 Å². The van der Waals surface area contributed by atoms with Crippen LogP contribution >= 0.6 is 0 Å². The summed E-state index contributed by atoms with van der Waals surface area (Å²) in [5.41, 5.74) is 1.14.